The normalized spacial score (nSPS) is 12.9. The Balaban J connectivity index is 1.61. The molecule has 0 fully saturated rings. The molecule has 0 aliphatic carbocycles. The summed E-state index contributed by atoms with van der Waals surface area (Å²) in [4.78, 5) is 15.2. The average Bonchev–Trinajstić information content (AvgIpc) is 3.25. The summed E-state index contributed by atoms with van der Waals surface area (Å²) in [7, 11) is 0. The van der Waals surface area contributed by atoms with Crippen LogP contribution in [0.25, 0.3) is 23.0 Å². The number of amides is 1. The average molecular weight is 312 g/mol. The SMILES string of the molecule is NC(=O)Cn1cc(-c2nc(-c3ccc4c(c3)CCO4)no2)nn1. The molecule has 0 saturated carbocycles. The quantitative estimate of drug-likeness (QED) is 0.740. The second kappa shape index (κ2) is 5.20. The third kappa shape index (κ3) is 2.52. The Kier molecular flexibility index (Phi) is 3.04. The van der Waals surface area contributed by atoms with E-state index in [0.29, 0.717) is 18.1 Å². The first-order chi connectivity index (χ1) is 11.2. The first kappa shape index (κ1) is 13.4. The highest BCUT2D eigenvalue weighted by molar-refractivity contribution is 5.73. The van der Waals surface area contributed by atoms with Gasteiger partial charge in [-0.1, -0.05) is 10.4 Å². The molecule has 3 heterocycles. The Morgan fingerprint density at radius 2 is 2.30 bits per heavy atom. The van der Waals surface area contributed by atoms with E-state index in [1.807, 2.05) is 18.2 Å². The van der Waals surface area contributed by atoms with Gasteiger partial charge in [0, 0.05) is 12.0 Å². The van der Waals surface area contributed by atoms with Crippen LogP contribution >= 0.6 is 0 Å². The lowest BCUT2D eigenvalue weighted by Gasteiger charge is -1.99. The zero-order valence-electron chi connectivity index (χ0n) is 12.0. The monoisotopic (exact) mass is 312 g/mol. The topological polar surface area (TPSA) is 122 Å². The van der Waals surface area contributed by atoms with E-state index >= 15 is 0 Å². The number of rotatable bonds is 4. The van der Waals surface area contributed by atoms with Crippen molar-refractivity contribution < 1.29 is 14.1 Å². The number of carbonyl (C=O) groups excluding carboxylic acids is 1. The van der Waals surface area contributed by atoms with Crippen molar-refractivity contribution in [3.8, 4) is 28.7 Å². The predicted molar refractivity (Wildman–Crippen MR) is 77.1 cm³/mol. The van der Waals surface area contributed by atoms with E-state index in [-0.39, 0.29) is 12.4 Å². The van der Waals surface area contributed by atoms with Crippen LogP contribution in [0.4, 0.5) is 0 Å². The molecule has 1 aliphatic rings. The Bertz CT molecular complexity index is 884. The van der Waals surface area contributed by atoms with Gasteiger partial charge < -0.3 is 15.0 Å². The zero-order valence-corrected chi connectivity index (χ0v) is 12.0. The number of aromatic nitrogens is 5. The molecule has 1 aromatic carbocycles. The largest absolute Gasteiger partial charge is 0.493 e. The standard InChI is InChI=1S/C14H12N6O3/c15-12(21)7-20-6-10(17-19-20)14-16-13(18-23-14)9-1-2-11-8(5-9)3-4-22-11/h1-2,5-6H,3-4,7H2,(H2,15,21). The van der Waals surface area contributed by atoms with Crippen molar-refractivity contribution in [3.05, 3.63) is 30.0 Å². The maximum atomic E-state index is 10.9. The molecule has 1 amide bonds. The molecule has 0 unspecified atom stereocenters. The van der Waals surface area contributed by atoms with Crippen molar-refractivity contribution in [2.75, 3.05) is 6.61 Å². The zero-order chi connectivity index (χ0) is 15.8. The van der Waals surface area contributed by atoms with Gasteiger partial charge in [-0.3, -0.25) is 4.79 Å². The minimum absolute atomic E-state index is 0.0567. The summed E-state index contributed by atoms with van der Waals surface area (Å²) in [6, 6.07) is 5.76. The number of benzene rings is 1. The molecular formula is C14H12N6O3. The van der Waals surface area contributed by atoms with Crippen LogP contribution in [0.5, 0.6) is 5.75 Å². The summed E-state index contributed by atoms with van der Waals surface area (Å²) >= 11 is 0. The summed E-state index contributed by atoms with van der Waals surface area (Å²) in [6.07, 6.45) is 2.40. The molecule has 9 nitrogen and oxygen atoms in total. The fraction of sp³-hybridized carbons (Fsp3) is 0.214. The van der Waals surface area contributed by atoms with Crippen LogP contribution in [0.1, 0.15) is 5.56 Å². The number of carbonyl (C=O) groups is 1. The van der Waals surface area contributed by atoms with E-state index in [1.165, 1.54) is 10.9 Å². The summed E-state index contributed by atoms with van der Waals surface area (Å²) in [5, 5.41) is 11.6. The molecule has 0 spiro atoms. The minimum atomic E-state index is -0.506. The van der Waals surface area contributed by atoms with Crippen LogP contribution in [0, 0.1) is 0 Å². The molecule has 1 aliphatic heterocycles. The number of fused-ring (bicyclic) bond motifs is 1. The molecule has 3 aromatic rings. The fourth-order valence-corrected chi connectivity index (χ4v) is 2.40. The summed E-state index contributed by atoms with van der Waals surface area (Å²) < 4.78 is 12.0. The predicted octanol–water partition coefficient (Wildman–Crippen LogP) is 0.415. The molecule has 2 aromatic heterocycles. The molecule has 0 saturated heterocycles. The van der Waals surface area contributed by atoms with Crippen molar-refractivity contribution in [2.24, 2.45) is 5.73 Å². The van der Waals surface area contributed by atoms with Crippen LogP contribution in [0.15, 0.2) is 28.9 Å². The van der Waals surface area contributed by atoms with Gasteiger partial charge in [-0.15, -0.1) is 5.10 Å². The number of hydrogen-bond donors (Lipinski definition) is 1. The fourth-order valence-electron chi connectivity index (χ4n) is 2.40. The van der Waals surface area contributed by atoms with Crippen molar-refractivity contribution >= 4 is 5.91 Å². The summed E-state index contributed by atoms with van der Waals surface area (Å²) in [6.45, 7) is 0.637. The molecule has 0 radical (unpaired) electrons. The van der Waals surface area contributed by atoms with Gasteiger partial charge >= 0.3 is 0 Å². The van der Waals surface area contributed by atoms with Crippen molar-refractivity contribution in [1.29, 1.82) is 0 Å². The Morgan fingerprint density at radius 3 is 3.17 bits per heavy atom. The second-order valence-corrected chi connectivity index (χ2v) is 5.11. The van der Waals surface area contributed by atoms with E-state index in [4.69, 9.17) is 15.0 Å². The highest BCUT2D eigenvalue weighted by atomic mass is 16.5. The van der Waals surface area contributed by atoms with Gasteiger partial charge in [0.1, 0.15) is 12.3 Å². The maximum Gasteiger partial charge on any atom is 0.280 e. The molecule has 23 heavy (non-hydrogen) atoms. The van der Waals surface area contributed by atoms with Crippen LogP contribution in [-0.2, 0) is 17.8 Å². The van der Waals surface area contributed by atoms with E-state index in [2.05, 4.69) is 20.5 Å². The van der Waals surface area contributed by atoms with Gasteiger partial charge in [0.2, 0.25) is 11.7 Å². The second-order valence-electron chi connectivity index (χ2n) is 5.11. The third-order valence-corrected chi connectivity index (χ3v) is 3.45. The number of nitrogens with zero attached hydrogens (tertiary/aromatic N) is 5. The molecule has 0 bridgehead atoms. The van der Waals surface area contributed by atoms with Crippen LogP contribution in [-0.4, -0.2) is 37.6 Å². The van der Waals surface area contributed by atoms with Gasteiger partial charge in [0.05, 0.1) is 12.8 Å². The Hall–Kier alpha value is -3.23. The van der Waals surface area contributed by atoms with Gasteiger partial charge in [-0.05, 0) is 23.8 Å². The molecular weight excluding hydrogens is 300 g/mol. The molecule has 9 heteroatoms. The smallest absolute Gasteiger partial charge is 0.280 e. The first-order valence-corrected chi connectivity index (χ1v) is 6.97. The maximum absolute atomic E-state index is 10.9. The third-order valence-electron chi connectivity index (χ3n) is 3.45. The van der Waals surface area contributed by atoms with Crippen molar-refractivity contribution in [1.82, 2.24) is 25.1 Å². The number of nitrogens with two attached hydrogens (primary N) is 1. The van der Waals surface area contributed by atoms with Gasteiger partial charge in [0.25, 0.3) is 5.89 Å². The van der Waals surface area contributed by atoms with Crippen molar-refractivity contribution in [2.45, 2.75) is 13.0 Å². The lowest BCUT2D eigenvalue weighted by atomic mass is 10.1. The molecule has 0 atom stereocenters. The number of primary amides is 1. The van der Waals surface area contributed by atoms with Gasteiger partial charge in [-0.25, -0.2) is 4.68 Å². The molecule has 2 N–H and O–H groups in total. The minimum Gasteiger partial charge on any atom is -0.493 e. The van der Waals surface area contributed by atoms with Gasteiger partial charge in [0.15, 0.2) is 5.69 Å². The lowest BCUT2D eigenvalue weighted by Crippen LogP contribution is -2.18. The first-order valence-electron chi connectivity index (χ1n) is 6.97. The molecule has 116 valence electrons. The highest BCUT2D eigenvalue weighted by Gasteiger charge is 2.17. The summed E-state index contributed by atoms with van der Waals surface area (Å²) in [5.74, 6) is 1.08. The van der Waals surface area contributed by atoms with Gasteiger partial charge in [-0.2, -0.15) is 4.98 Å². The molecule has 4 rings (SSSR count). The lowest BCUT2D eigenvalue weighted by molar-refractivity contribution is -0.118. The van der Waals surface area contributed by atoms with Crippen LogP contribution < -0.4 is 10.5 Å². The van der Waals surface area contributed by atoms with E-state index < -0.39 is 5.91 Å². The van der Waals surface area contributed by atoms with E-state index in [9.17, 15) is 4.79 Å². The van der Waals surface area contributed by atoms with E-state index in [1.54, 1.807) is 0 Å². The van der Waals surface area contributed by atoms with Crippen molar-refractivity contribution in [3.63, 3.8) is 0 Å². The van der Waals surface area contributed by atoms with E-state index in [0.717, 1.165) is 23.3 Å². The highest BCUT2D eigenvalue weighted by Crippen LogP contribution is 2.30. The number of ether oxygens (including phenoxy) is 1. The Morgan fingerprint density at radius 1 is 1.39 bits per heavy atom. The van der Waals surface area contributed by atoms with Crippen LogP contribution in [0.3, 0.4) is 0 Å². The van der Waals surface area contributed by atoms with Crippen LogP contribution in [0.2, 0.25) is 0 Å². The number of hydrogen-bond acceptors (Lipinski definition) is 7. The Labute approximate surface area is 130 Å². The summed E-state index contributed by atoms with van der Waals surface area (Å²) in [5.41, 5.74) is 7.46.